The lowest BCUT2D eigenvalue weighted by molar-refractivity contribution is 0.0952. The SMILES string of the molecule is CC1CC(=O)c2c(nc(N3CCN(c4ccccc4F)CC3)nc2Nc2ccc(Cl)cc2)C1. The van der Waals surface area contributed by atoms with Crippen molar-refractivity contribution in [2.24, 2.45) is 5.92 Å². The average Bonchev–Trinajstić information content (AvgIpc) is 2.80. The first kappa shape index (κ1) is 21.6. The highest BCUT2D eigenvalue weighted by Gasteiger charge is 2.30. The maximum Gasteiger partial charge on any atom is 0.227 e. The van der Waals surface area contributed by atoms with E-state index in [1.165, 1.54) is 6.07 Å². The molecule has 3 aromatic rings. The van der Waals surface area contributed by atoms with Crippen LogP contribution in [0.25, 0.3) is 0 Å². The Hall–Kier alpha value is -3.19. The van der Waals surface area contributed by atoms with Crippen LogP contribution in [0.3, 0.4) is 0 Å². The van der Waals surface area contributed by atoms with Crippen LogP contribution >= 0.6 is 11.6 Å². The van der Waals surface area contributed by atoms with Gasteiger partial charge in [-0.05, 0) is 48.7 Å². The van der Waals surface area contributed by atoms with Crippen LogP contribution in [0.4, 0.5) is 27.5 Å². The van der Waals surface area contributed by atoms with Crippen molar-refractivity contribution in [2.75, 3.05) is 41.3 Å². The van der Waals surface area contributed by atoms with Gasteiger partial charge in [0.2, 0.25) is 5.95 Å². The molecular formula is C25H25ClFN5O. The highest BCUT2D eigenvalue weighted by molar-refractivity contribution is 6.30. The molecule has 170 valence electrons. The zero-order valence-corrected chi connectivity index (χ0v) is 19.1. The van der Waals surface area contributed by atoms with Gasteiger partial charge in [-0.3, -0.25) is 4.79 Å². The lowest BCUT2D eigenvalue weighted by atomic mass is 9.87. The van der Waals surface area contributed by atoms with E-state index in [1.807, 2.05) is 29.2 Å². The number of para-hydroxylation sites is 1. The third kappa shape index (κ3) is 4.50. The molecule has 2 aromatic carbocycles. The quantitative estimate of drug-likeness (QED) is 0.578. The Morgan fingerprint density at radius 3 is 2.39 bits per heavy atom. The highest BCUT2D eigenvalue weighted by Crippen LogP contribution is 2.32. The van der Waals surface area contributed by atoms with Gasteiger partial charge in [0.1, 0.15) is 11.6 Å². The molecule has 0 saturated carbocycles. The molecule has 2 heterocycles. The number of carbonyl (C=O) groups excluding carboxylic acids is 1. The molecule has 0 bridgehead atoms. The topological polar surface area (TPSA) is 61.4 Å². The predicted molar refractivity (Wildman–Crippen MR) is 129 cm³/mol. The van der Waals surface area contributed by atoms with Crippen molar-refractivity contribution in [2.45, 2.75) is 19.8 Å². The van der Waals surface area contributed by atoms with Crippen LogP contribution in [0.1, 0.15) is 29.4 Å². The molecule has 1 aromatic heterocycles. The van der Waals surface area contributed by atoms with Gasteiger partial charge in [-0.25, -0.2) is 9.37 Å². The number of ketones is 1. The summed E-state index contributed by atoms with van der Waals surface area (Å²) in [6.07, 6.45) is 1.23. The van der Waals surface area contributed by atoms with Crippen LogP contribution in [-0.4, -0.2) is 41.9 Å². The molecule has 33 heavy (non-hydrogen) atoms. The predicted octanol–water partition coefficient (Wildman–Crippen LogP) is 5.10. The van der Waals surface area contributed by atoms with Crippen LogP contribution in [-0.2, 0) is 6.42 Å². The number of fused-ring (bicyclic) bond motifs is 1. The summed E-state index contributed by atoms with van der Waals surface area (Å²) in [4.78, 5) is 26.6. The number of rotatable bonds is 4. The number of aromatic nitrogens is 2. The Morgan fingerprint density at radius 2 is 1.67 bits per heavy atom. The third-order valence-electron chi connectivity index (χ3n) is 6.19. The fourth-order valence-electron chi connectivity index (χ4n) is 4.51. The molecule has 0 radical (unpaired) electrons. The second-order valence-corrected chi connectivity index (χ2v) is 9.12. The number of carbonyl (C=O) groups is 1. The Morgan fingerprint density at radius 1 is 0.970 bits per heavy atom. The van der Waals surface area contributed by atoms with Gasteiger partial charge >= 0.3 is 0 Å². The van der Waals surface area contributed by atoms with E-state index in [2.05, 4.69) is 17.1 Å². The molecule has 2 aliphatic rings. The van der Waals surface area contributed by atoms with Gasteiger partial charge in [0.15, 0.2) is 5.78 Å². The summed E-state index contributed by atoms with van der Waals surface area (Å²) in [5.41, 5.74) is 2.80. The Bertz CT molecular complexity index is 1180. The molecule has 1 aliphatic carbocycles. The van der Waals surface area contributed by atoms with Gasteiger partial charge in [0.05, 0.1) is 16.9 Å². The summed E-state index contributed by atoms with van der Waals surface area (Å²) in [7, 11) is 0. The van der Waals surface area contributed by atoms with Gasteiger partial charge < -0.3 is 15.1 Å². The van der Waals surface area contributed by atoms with Crippen LogP contribution in [0.5, 0.6) is 0 Å². The molecular weight excluding hydrogens is 441 g/mol. The third-order valence-corrected chi connectivity index (χ3v) is 6.44. The van der Waals surface area contributed by atoms with E-state index >= 15 is 0 Å². The zero-order valence-electron chi connectivity index (χ0n) is 18.4. The standard InChI is InChI=1S/C25H25ClFN5O/c1-16-14-20-23(22(33)15-16)24(28-18-8-6-17(26)7-9-18)30-25(29-20)32-12-10-31(11-13-32)21-5-3-2-4-19(21)27/h2-9,16H,10-15H2,1H3,(H,28,29,30). The lowest BCUT2D eigenvalue weighted by Crippen LogP contribution is -2.47. The first-order valence-corrected chi connectivity index (χ1v) is 11.6. The maximum atomic E-state index is 14.2. The zero-order chi connectivity index (χ0) is 22.9. The second kappa shape index (κ2) is 8.98. The number of halogens is 2. The van der Waals surface area contributed by atoms with Crippen molar-refractivity contribution in [3.8, 4) is 0 Å². The summed E-state index contributed by atoms with van der Waals surface area (Å²) in [6, 6.07) is 14.2. The first-order valence-electron chi connectivity index (χ1n) is 11.2. The van der Waals surface area contributed by atoms with E-state index in [-0.39, 0.29) is 17.5 Å². The molecule has 8 heteroatoms. The minimum atomic E-state index is -0.210. The number of hydrogen-bond acceptors (Lipinski definition) is 6. The van der Waals surface area contributed by atoms with Gasteiger partial charge in [-0.15, -0.1) is 0 Å². The average molecular weight is 466 g/mol. The minimum absolute atomic E-state index is 0.0659. The van der Waals surface area contributed by atoms with E-state index in [4.69, 9.17) is 21.6 Å². The van der Waals surface area contributed by atoms with Crippen LogP contribution in [0, 0.1) is 11.7 Å². The van der Waals surface area contributed by atoms with Gasteiger partial charge in [0, 0.05) is 43.3 Å². The smallest absolute Gasteiger partial charge is 0.227 e. The van der Waals surface area contributed by atoms with Crippen molar-refractivity contribution in [3.63, 3.8) is 0 Å². The molecule has 1 aliphatic heterocycles. The maximum absolute atomic E-state index is 14.2. The van der Waals surface area contributed by atoms with Crippen LogP contribution in [0.15, 0.2) is 48.5 Å². The molecule has 1 saturated heterocycles. The Kier molecular flexibility index (Phi) is 5.89. The molecule has 1 unspecified atom stereocenters. The van der Waals surface area contributed by atoms with Crippen LogP contribution in [0.2, 0.25) is 5.02 Å². The second-order valence-electron chi connectivity index (χ2n) is 8.69. The van der Waals surface area contributed by atoms with Gasteiger partial charge in [0.25, 0.3) is 0 Å². The molecule has 0 amide bonds. The van der Waals surface area contributed by atoms with Gasteiger partial charge in [-0.2, -0.15) is 4.98 Å². The van der Waals surface area contributed by atoms with E-state index in [1.54, 1.807) is 18.2 Å². The number of nitrogens with zero attached hydrogens (tertiary/aromatic N) is 4. The summed E-state index contributed by atoms with van der Waals surface area (Å²) >= 11 is 6.02. The van der Waals surface area contributed by atoms with Crippen molar-refractivity contribution in [1.82, 2.24) is 9.97 Å². The number of nitrogens with one attached hydrogen (secondary N) is 1. The minimum Gasteiger partial charge on any atom is -0.366 e. The van der Waals surface area contributed by atoms with E-state index < -0.39 is 0 Å². The van der Waals surface area contributed by atoms with Crippen LogP contribution < -0.4 is 15.1 Å². The molecule has 0 spiro atoms. The number of hydrogen-bond donors (Lipinski definition) is 1. The fraction of sp³-hybridized carbons (Fsp3) is 0.320. The summed E-state index contributed by atoms with van der Waals surface area (Å²) in [5.74, 6) is 1.23. The number of Topliss-reactive ketones (excluding diaryl/α,β-unsaturated/α-hetero) is 1. The normalized spacial score (nSPS) is 18.3. The van der Waals surface area contributed by atoms with E-state index in [9.17, 15) is 9.18 Å². The first-order chi connectivity index (χ1) is 16.0. The Labute approximate surface area is 197 Å². The molecule has 1 fully saturated rings. The molecule has 5 rings (SSSR count). The van der Waals surface area contributed by atoms with Crippen molar-refractivity contribution >= 4 is 40.5 Å². The lowest BCUT2D eigenvalue weighted by Gasteiger charge is -2.36. The number of piperazine rings is 1. The molecule has 6 nitrogen and oxygen atoms in total. The fourth-order valence-corrected chi connectivity index (χ4v) is 4.64. The van der Waals surface area contributed by atoms with Gasteiger partial charge in [-0.1, -0.05) is 30.7 Å². The van der Waals surface area contributed by atoms with Crippen molar-refractivity contribution in [1.29, 1.82) is 0 Å². The summed E-state index contributed by atoms with van der Waals surface area (Å²) < 4.78 is 14.2. The highest BCUT2D eigenvalue weighted by atomic mass is 35.5. The van der Waals surface area contributed by atoms with E-state index in [0.717, 1.165) is 17.8 Å². The largest absolute Gasteiger partial charge is 0.366 e. The summed E-state index contributed by atoms with van der Waals surface area (Å²) in [5, 5.41) is 3.95. The molecule has 1 N–H and O–H groups in total. The monoisotopic (exact) mass is 465 g/mol. The molecule has 1 atom stereocenters. The number of anilines is 4. The number of benzene rings is 2. The van der Waals surface area contributed by atoms with Crippen molar-refractivity contribution < 1.29 is 9.18 Å². The van der Waals surface area contributed by atoms with Crippen molar-refractivity contribution in [3.05, 3.63) is 70.6 Å². The van der Waals surface area contributed by atoms with E-state index in [0.29, 0.717) is 60.6 Å². The Balaban J connectivity index is 1.43. The summed E-state index contributed by atoms with van der Waals surface area (Å²) in [6.45, 7) is 4.73.